The van der Waals surface area contributed by atoms with Crippen molar-refractivity contribution in [1.29, 1.82) is 0 Å². The molecule has 0 bridgehead atoms. The molecule has 0 saturated heterocycles. The van der Waals surface area contributed by atoms with Gasteiger partial charge in [0.15, 0.2) is 9.84 Å². The van der Waals surface area contributed by atoms with Crippen LogP contribution in [-0.2, 0) is 9.84 Å². The molecule has 0 amide bonds. The molecule has 0 aromatic heterocycles. The van der Waals surface area contributed by atoms with E-state index in [9.17, 15) is 8.42 Å². The molecule has 0 radical (unpaired) electrons. The van der Waals surface area contributed by atoms with Crippen molar-refractivity contribution in [3.05, 3.63) is 11.6 Å². The Morgan fingerprint density at radius 1 is 1.33 bits per heavy atom. The fourth-order valence-corrected chi connectivity index (χ4v) is 0.697. The zero-order chi connectivity index (χ0) is 7.49. The SMILES string of the molecule is CN(C)/C=C/S(C)(=O)=O. The molecule has 54 valence electrons. The third kappa shape index (κ3) is 7.49. The second kappa shape index (κ2) is 2.87. The van der Waals surface area contributed by atoms with E-state index in [-0.39, 0.29) is 0 Å². The molecule has 0 spiro atoms. The smallest absolute Gasteiger partial charge is 0.170 e. The minimum Gasteiger partial charge on any atom is -0.383 e. The predicted octanol–water partition coefficient (Wildman–Crippen LogP) is 0.0638. The van der Waals surface area contributed by atoms with Gasteiger partial charge in [-0.2, -0.15) is 0 Å². The van der Waals surface area contributed by atoms with E-state index in [1.54, 1.807) is 19.0 Å². The van der Waals surface area contributed by atoms with Gasteiger partial charge in [0.2, 0.25) is 0 Å². The van der Waals surface area contributed by atoms with Crippen molar-refractivity contribution < 1.29 is 8.42 Å². The Kier molecular flexibility index (Phi) is 2.70. The molecule has 0 N–H and O–H groups in total. The Balaban J connectivity index is 4.03. The molecule has 0 unspecified atom stereocenters. The second-order valence-corrected chi connectivity index (χ2v) is 4.01. The van der Waals surface area contributed by atoms with Crippen LogP contribution in [0, 0.1) is 0 Å². The maximum Gasteiger partial charge on any atom is 0.170 e. The van der Waals surface area contributed by atoms with Gasteiger partial charge in [-0.3, -0.25) is 0 Å². The van der Waals surface area contributed by atoms with Crippen LogP contribution < -0.4 is 0 Å². The van der Waals surface area contributed by atoms with Crippen molar-refractivity contribution in [2.24, 2.45) is 0 Å². The summed E-state index contributed by atoms with van der Waals surface area (Å²) in [5.41, 5.74) is 0. The summed E-state index contributed by atoms with van der Waals surface area (Å²) in [7, 11) is 0.590. The number of sulfone groups is 1. The van der Waals surface area contributed by atoms with Crippen molar-refractivity contribution in [2.75, 3.05) is 20.4 Å². The first kappa shape index (κ1) is 8.49. The van der Waals surface area contributed by atoms with Gasteiger partial charge in [0.05, 0.1) is 0 Å². The predicted molar refractivity (Wildman–Crippen MR) is 37.7 cm³/mol. The zero-order valence-electron chi connectivity index (χ0n) is 5.83. The standard InChI is InChI=1S/C5H11NO2S/c1-6(2)4-5-9(3,7)8/h4-5H,1-3H3/b5-4+. The van der Waals surface area contributed by atoms with Crippen LogP contribution in [0.2, 0.25) is 0 Å². The first-order chi connectivity index (χ1) is 3.92. The first-order valence-electron chi connectivity index (χ1n) is 2.46. The van der Waals surface area contributed by atoms with Crippen LogP contribution in [0.4, 0.5) is 0 Å². The maximum atomic E-state index is 10.4. The molecule has 0 aromatic carbocycles. The molecule has 0 aromatic rings. The highest BCUT2D eigenvalue weighted by molar-refractivity contribution is 7.93. The quantitative estimate of drug-likeness (QED) is 0.557. The van der Waals surface area contributed by atoms with Crippen molar-refractivity contribution in [3.63, 3.8) is 0 Å². The molecule has 0 aliphatic rings. The summed E-state index contributed by atoms with van der Waals surface area (Å²) in [5, 5.41) is 1.16. The van der Waals surface area contributed by atoms with Gasteiger partial charge in [-0.25, -0.2) is 8.42 Å². The Morgan fingerprint density at radius 3 is 1.89 bits per heavy atom. The Labute approximate surface area is 55.9 Å². The lowest BCUT2D eigenvalue weighted by molar-refractivity contribution is 0.562. The molecular formula is C5H11NO2S. The summed E-state index contributed by atoms with van der Waals surface area (Å²) in [4.78, 5) is 1.67. The zero-order valence-corrected chi connectivity index (χ0v) is 6.64. The molecule has 9 heavy (non-hydrogen) atoms. The van der Waals surface area contributed by atoms with Crippen LogP contribution in [0.5, 0.6) is 0 Å². The van der Waals surface area contributed by atoms with Gasteiger partial charge in [-0.1, -0.05) is 0 Å². The molecule has 0 aliphatic heterocycles. The number of nitrogens with zero attached hydrogens (tertiary/aromatic N) is 1. The van der Waals surface area contributed by atoms with Crippen molar-refractivity contribution in [2.45, 2.75) is 0 Å². The summed E-state index contributed by atoms with van der Waals surface area (Å²) >= 11 is 0. The minimum atomic E-state index is -2.94. The summed E-state index contributed by atoms with van der Waals surface area (Å²) in [6.07, 6.45) is 2.66. The van der Waals surface area contributed by atoms with E-state index in [1.165, 1.54) is 6.20 Å². The molecule has 3 nitrogen and oxygen atoms in total. The van der Waals surface area contributed by atoms with Crippen LogP contribution >= 0.6 is 0 Å². The lowest BCUT2D eigenvalue weighted by Gasteiger charge is -2.01. The third-order valence-corrected chi connectivity index (χ3v) is 1.22. The van der Waals surface area contributed by atoms with Crippen LogP contribution in [-0.4, -0.2) is 33.7 Å². The van der Waals surface area contributed by atoms with Gasteiger partial charge in [-0.15, -0.1) is 0 Å². The third-order valence-electron chi connectivity index (χ3n) is 0.606. The van der Waals surface area contributed by atoms with Crippen LogP contribution in [0.25, 0.3) is 0 Å². The minimum absolute atomic E-state index is 1.16. The summed E-state index contributed by atoms with van der Waals surface area (Å²) in [5.74, 6) is 0. The van der Waals surface area contributed by atoms with E-state index in [1.807, 2.05) is 0 Å². The monoisotopic (exact) mass is 149 g/mol. The fraction of sp³-hybridized carbons (Fsp3) is 0.600. The molecule has 0 saturated carbocycles. The van der Waals surface area contributed by atoms with E-state index in [2.05, 4.69) is 0 Å². The summed E-state index contributed by atoms with van der Waals surface area (Å²) in [6.45, 7) is 0. The largest absolute Gasteiger partial charge is 0.383 e. The molecule has 0 aliphatic carbocycles. The molecule has 4 heteroatoms. The van der Waals surface area contributed by atoms with Gasteiger partial charge >= 0.3 is 0 Å². The van der Waals surface area contributed by atoms with E-state index in [0.29, 0.717) is 0 Å². The Morgan fingerprint density at radius 2 is 1.78 bits per heavy atom. The number of rotatable bonds is 2. The highest BCUT2D eigenvalue weighted by Gasteiger charge is 1.90. The molecule has 0 fully saturated rings. The van der Waals surface area contributed by atoms with Gasteiger partial charge < -0.3 is 4.90 Å². The molecular weight excluding hydrogens is 138 g/mol. The number of hydrogen-bond acceptors (Lipinski definition) is 3. The maximum absolute atomic E-state index is 10.4. The van der Waals surface area contributed by atoms with Gasteiger partial charge in [0, 0.05) is 32.0 Å². The normalized spacial score (nSPS) is 12.3. The van der Waals surface area contributed by atoms with E-state index >= 15 is 0 Å². The number of hydrogen-bond donors (Lipinski definition) is 0. The lowest BCUT2D eigenvalue weighted by Crippen LogP contribution is -2.02. The van der Waals surface area contributed by atoms with Crippen LogP contribution in [0.3, 0.4) is 0 Å². The van der Waals surface area contributed by atoms with E-state index in [4.69, 9.17) is 0 Å². The average Bonchev–Trinajstić information content (AvgIpc) is 1.59. The fourth-order valence-electron chi connectivity index (χ4n) is 0.232. The van der Waals surface area contributed by atoms with E-state index in [0.717, 1.165) is 11.7 Å². The summed E-state index contributed by atoms with van der Waals surface area (Å²) < 4.78 is 20.8. The van der Waals surface area contributed by atoms with Gasteiger partial charge in [0.1, 0.15) is 0 Å². The average molecular weight is 149 g/mol. The molecule has 0 heterocycles. The Bertz CT molecular complexity index is 191. The van der Waals surface area contributed by atoms with E-state index < -0.39 is 9.84 Å². The van der Waals surface area contributed by atoms with Gasteiger partial charge in [0.25, 0.3) is 0 Å². The van der Waals surface area contributed by atoms with Crippen molar-refractivity contribution in [1.82, 2.24) is 4.90 Å². The highest BCUT2D eigenvalue weighted by atomic mass is 32.2. The second-order valence-electron chi connectivity index (χ2n) is 2.08. The topological polar surface area (TPSA) is 37.4 Å². The highest BCUT2D eigenvalue weighted by Crippen LogP contribution is 1.85. The van der Waals surface area contributed by atoms with Crippen LogP contribution in [0.1, 0.15) is 0 Å². The lowest BCUT2D eigenvalue weighted by atomic mass is 10.9. The summed E-state index contributed by atoms with van der Waals surface area (Å²) in [6, 6.07) is 0. The van der Waals surface area contributed by atoms with Crippen molar-refractivity contribution in [3.8, 4) is 0 Å². The van der Waals surface area contributed by atoms with Crippen molar-refractivity contribution >= 4 is 9.84 Å². The first-order valence-corrected chi connectivity index (χ1v) is 4.42. The molecule has 0 atom stereocenters. The van der Waals surface area contributed by atoms with Gasteiger partial charge in [-0.05, 0) is 0 Å². The Hall–Kier alpha value is -0.510. The molecule has 0 rings (SSSR count). The van der Waals surface area contributed by atoms with Crippen LogP contribution in [0.15, 0.2) is 11.6 Å².